The summed E-state index contributed by atoms with van der Waals surface area (Å²) in [6, 6.07) is 14.2. The van der Waals surface area contributed by atoms with E-state index < -0.39 is 0 Å². The maximum Gasteiger partial charge on any atom is 0.257 e. The molecule has 178 valence electrons. The van der Waals surface area contributed by atoms with Crippen molar-refractivity contribution < 1.29 is 14.1 Å². The van der Waals surface area contributed by atoms with E-state index in [1.807, 2.05) is 42.2 Å². The number of piperidine rings is 1. The summed E-state index contributed by atoms with van der Waals surface area (Å²) in [7, 11) is 0. The number of anilines is 1. The largest absolute Gasteiger partial charge is 0.345 e. The second kappa shape index (κ2) is 10.6. The van der Waals surface area contributed by atoms with Gasteiger partial charge in [0, 0.05) is 43.2 Å². The summed E-state index contributed by atoms with van der Waals surface area (Å²) in [6.07, 6.45) is 4.39. The van der Waals surface area contributed by atoms with Crippen LogP contribution in [-0.2, 0) is 9.59 Å². The molecule has 2 fully saturated rings. The third kappa shape index (κ3) is 5.53. The van der Waals surface area contributed by atoms with E-state index in [4.69, 9.17) is 4.52 Å². The average molecular weight is 461 g/mol. The van der Waals surface area contributed by atoms with E-state index in [0.717, 1.165) is 62.4 Å². The molecule has 34 heavy (non-hydrogen) atoms. The normalized spacial score (nSPS) is 16.4. The van der Waals surface area contributed by atoms with Crippen molar-refractivity contribution in [3.8, 4) is 11.5 Å². The van der Waals surface area contributed by atoms with Gasteiger partial charge in [-0.2, -0.15) is 4.98 Å². The van der Waals surface area contributed by atoms with Gasteiger partial charge in [-0.1, -0.05) is 28.9 Å². The number of benzene rings is 2. The number of aromatic nitrogens is 2. The fourth-order valence-corrected chi connectivity index (χ4v) is 4.37. The summed E-state index contributed by atoms with van der Waals surface area (Å²) in [5.41, 5.74) is 5.70. The summed E-state index contributed by atoms with van der Waals surface area (Å²) in [6.45, 7) is 8.62. The number of rotatable bonds is 4. The van der Waals surface area contributed by atoms with E-state index >= 15 is 0 Å². The first-order chi connectivity index (χ1) is 16.4. The number of hydrogen-bond acceptors (Lipinski definition) is 5. The molecule has 3 heterocycles. The van der Waals surface area contributed by atoms with Crippen molar-refractivity contribution >= 4 is 18.0 Å². The summed E-state index contributed by atoms with van der Waals surface area (Å²) in [5, 5.41) is 4.10. The van der Waals surface area contributed by atoms with Crippen LogP contribution in [0.5, 0.6) is 0 Å². The van der Waals surface area contributed by atoms with Crippen molar-refractivity contribution in [1.82, 2.24) is 15.0 Å². The third-order valence-electron chi connectivity index (χ3n) is 6.63. The lowest BCUT2D eigenvalue weighted by atomic mass is 9.96. The molecule has 2 aromatic carbocycles. The minimum absolute atomic E-state index is 0.258. The van der Waals surface area contributed by atoms with Gasteiger partial charge in [-0.3, -0.25) is 9.59 Å². The van der Waals surface area contributed by atoms with Crippen LogP contribution in [0.25, 0.3) is 11.5 Å². The Bertz CT molecular complexity index is 1150. The van der Waals surface area contributed by atoms with Crippen molar-refractivity contribution in [2.75, 3.05) is 24.5 Å². The molecule has 3 aromatic rings. The number of carbonyl (C=O) groups is 2. The Morgan fingerprint density at radius 2 is 1.79 bits per heavy atom. The van der Waals surface area contributed by atoms with Crippen molar-refractivity contribution in [1.29, 1.82) is 0 Å². The Hall–Kier alpha value is -3.48. The van der Waals surface area contributed by atoms with Crippen molar-refractivity contribution in [3.05, 3.63) is 65.0 Å². The van der Waals surface area contributed by atoms with Gasteiger partial charge >= 0.3 is 0 Å². The van der Waals surface area contributed by atoms with Crippen LogP contribution in [0.2, 0.25) is 0 Å². The lowest BCUT2D eigenvalue weighted by molar-refractivity contribution is -0.119. The zero-order valence-corrected chi connectivity index (χ0v) is 20.2. The second-order valence-electron chi connectivity index (χ2n) is 9.16. The minimum Gasteiger partial charge on any atom is -0.345 e. The molecule has 2 aliphatic heterocycles. The van der Waals surface area contributed by atoms with Gasteiger partial charge in [0.05, 0.1) is 0 Å². The maximum absolute atomic E-state index is 11.5. The van der Waals surface area contributed by atoms with E-state index in [1.165, 1.54) is 16.7 Å². The summed E-state index contributed by atoms with van der Waals surface area (Å²) in [5.74, 6) is 1.87. The highest BCUT2D eigenvalue weighted by atomic mass is 16.5. The molecule has 0 bridgehead atoms. The van der Waals surface area contributed by atoms with Gasteiger partial charge in [0.2, 0.25) is 12.3 Å². The maximum atomic E-state index is 11.5. The standard InChI is InChI=1S/C15H17N3O2.C12H15NO/c1-11-3-2-4-13(9-11)15-16-14(17-20-15)12-5-7-18(10-19)8-6-12;1-9-5-6-11(8-10(9)2)13-7-3-4-12(13)14/h2-4,9-10,12H,5-8H2,1H3;5-6,8H,3-4,7H2,1-2H3. The fraction of sp³-hybridized carbons (Fsp3) is 0.407. The average Bonchev–Trinajstić information content (AvgIpc) is 3.51. The molecule has 0 saturated carbocycles. The molecule has 7 heteroatoms. The van der Waals surface area contributed by atoms with Gasteiger partial charge in [0.15, 0.2) is 5.82 Å². The molecule has 0 atom stereocenters. The molecule has 0 radical (unpaired) electrons. The number of likely N-dealkylation sites (tertiary alicyclic amines) is 1. The van der Waals surface area contributed by atoms with Crippen molar-refractivity contribution in [3.63, 3.8) is 0 Å². The summed E-state index contributed by atoms with van der Waals surface area (Å²) >= 11 is 0. The Kier molecular flexibility index (Phi) is 7.40. The minimum atomic E-state index is 0.258. The quantitative estimate of drug-likeness (QED) is 0.522. The molecule has 2 amide bonds. The van der Waals surface area contributed by atoms with Crippen LogP contribution in [0.1, 0.15) is 54.1 Å². The molecule has 5 rings (SSSR count). The molecule has 7 nitrogen and oxygen atoms in total. The first kappa shape index (κ1) is 23.7. The molecule has 0 spiro atoms. The number of carbonyl (C=O) groups excluding carboxylic acids is 2. The van der Waals surface area contributed by atoms with Crippen LogP contribution in [0, 0.1) is 20.8 Å². The topological polar surface area (TPSA) is 79.5 Å². The summed E-state index contributed by atoms with van der Waals surface area (Å²) < 4.78 is 5.37. The monoisotopic (exact) mass is 460 g/mol. The number of amides is 2. The number of hydrogen-bond donors (Lipinski definition) is 0. The van der Waals surface area contributed by atoms with E-state index in [9.17, 15) is 9.59 Å². The lowest BCUT2D eigenvalue weighted by Gasteiger charge is -2.27. The third-order valence-corrected chi connectivity index (χ3v) is 6.63. The van der Waals surface area contributed by atoms with Gasteiger partial charge in [-0.05, 0) is 75.4 Å². The highest BCUT2D eigenvalue weighted by Gasteiger charge is 2.24. The molecule has 0 N–H and O–H groups in total. The van der Waals surface area contributed by atoms with Crippen LogP contribution >= 0.6 is 0 Å². The predicted octanol–water partition coefficient (Wildman–Crippen LogP) is 4.81. The molecular formula is C27H32N4O3. The molecule has 0 aliphatic carbocycles. The van der Waals surface area contributed by atoms with Crippen LogP contribution in [0.15, 0.2) is 47.0 Å². The smallest absolute Gasteiger partial charge is 0.257 e. The molecule has 2 aliphatic rings. The van der Waals surface area contributed by atoms with Gasteiger partial charge in [-0.25, -0.2) is 0 Å². The van der Waals surface area contributed by atoms with Gasteiger partial charge < -0.3 is 14.3 Å². The highest BCUT2D eigenvalue weighted by molar-refractivity contribution is 5.95. The van der Waals surface area contributed by atoms with Crippen LogP contribution in [0.3, 0.4) is 0 Å². The number of nitrogens with zero attached hydrogens (tertiary/aromatic N) is 4. The second-order valence-corrected chi connectivity index (χ2v) is 9.16. The lowest BCUT2D eigenvalue weighted by Crippen LogP contribution is -2.31. The highest BCUT2D eigenvalue weighted by Crippen LogP contribution is 2.28. The van der Waals surface area contributed by atoms with Crippen molar-refractivity contribution in [2.45, 2.75) is 52.4 Å². The van der Waals surface area contributed by atoms with Gasteiger partial charge in [-0.15, -0.1) is 0 Å². The molecule has 2 saturated heterocycles. The zero-order valence-electron chi connectivity index (χ0n) is 20.2. The molecule has 0 unspecified atom stereocenters. The van der Waals surface area contributed by atoms with Crippen LogP contribution in [0.4, 0.5) is 5.69 Å². The molecular weight excluding hydrogens is 428 g/mol. The van der Waals surface area contributed by atoms with E-state index in [2.05, 4.69) is 36.1 Å². The Labute approximate surface area is 200 Å². The predicted molar refractivity (Wildman–Crippen MR) is 132 cm³/mol. The fourth-order valence-electron chi connectivity index (χ4n) is 4.37. The Balaban J connectivity index is 0.000000172. The van der Waals surface area contributed by atoms with Gasteiger partial charge in [0.1, 0.15) is 0 Å². The Morgan fingerprint density at radius 3 is 2.44 bits per heavy atom. The zero-order chi connectivity index (χ0) is 24.1. The van der Waals surface area contributed by atoms with Crippen LogP contribution < -0.4 is 4.90 Å². The first-order valence-corrected chi connectivity index (χ1v) is 11.9. The van der Waals surface area contributed by atoms with E-state index in [-0.39, 0.29) is 11.8 Å². The van der Waals surface area contributed by atoms with E-state index in [1.54, 1.807) is 4.90 Å². The molecule has 1 aromatic heterocycles. The first-order valence-electron chi connectivity index (χ1n) is 11.9. The Morgan fingerprint density at radius 1 is 1.00 bits per heavy atom. The van der Waals surface area contributed by atoms with Crippen LogP contribution in [-0.4, -0.2) is 47.0 Å². The van der Waals surface area contributed by atoms with Gasteiger partial charge in [0.25, 0.3) is 5.89 Å². The SMILES string of the molecule is Cc1ccc(N2CCCC2=O)cc1C.Cc1cccc(-c2nc(C3CCN(C=O)CC3)no2)c1. The van der Waals surface area contributed by atoms with Crippen molar-refractivity contribution in [2.24, 2.45) is 0 Å². The summed E-state index contributed by atoms with van der Waals surface area (Å²) in [4.78, 5) is 30.4. The van der Waals surface area contributed by atoms with E-state index in [0.29, 0.717) is 12.3 Å². The number of aryl methyl sites for hydroxylation is 3.